The van der Waals surface area contributed by atoms with Gasteiger partial charge in [-0.05, 0) is 38.8 Å². The van der Waals surface area contributed by atoms with E-state index in [4.69, 9.17) is 4.74 Å². The monoisotopic (exact) mass is 240 g/mol. The minimum Gasteiger partial charge on any atom is -0.381 e. The van der Waals surface area contributed by atoms with Gasteiger partial charge in [-0.25, -0.2) is 4.98 Å². The molecule has 90 valence electrons. The third-order valence-electron chi connectivity index (χ3n) is 2.95. The van der Waals surface area contributed by atoms with Gasteiger partial charge in [-0.15, -0.1) is 11.3 Å². The lowest BCUT2D eigenvalue weighted by atomic mass is 10.1. The highest BCUT2D eigenvalue weighted by Crippen LogP contribution is 2.21. The van der Waals surface area contributed by atoms with Gasteiger partial charge in [0, 0.05) is 25.0 Å². The predicted octanol–water partition coefficient (Wildman–Crippen LogP) is 1.87. The SMILES string of the molecule is CNCCCc1csc(CC2CCOC2)n1. The lowest BCUT2D eigenvalue weighted by Crippen LogP contribution is -2.08. The number of aryl methyl sites for hydroxylation is 1. The molecule has 1 unspecified atom stereocenters. The first-order valence-corrected chi connectivity index (χ1v) is 6.92. The van der Waals surface area contributed by atoms with Crippen molar-refractivity contribution in [3.8, 4) is 0 Å². The van der Waals surface area contributed by atoms with Crippen molar-refractivity contribution in [3.05, 3.63) is 16.1 Å². The van der Waals surface area contributed by atoms with Gasteiger partial charge in [0.2, 0.25) is 0 Å². The van der Waals surface area contributed by atoms with Crippen LogP contribution in [0.3, 0.4) is 0 Å². The second-order valence-electron chi connectivity index (χ2n) is 4.37. The van der Waals surface area contributed by atoms with Crippen molar-refractivity contribution < 1.29 is 4.74 Å². The highest BCUT2D eigenvalue weighted by atomic mass is 32.1. The van der Waals surface area contributed by atoms with E-state index in [1.54, 1.807) is 0 Å². The molecule has 0 saturated carbocycles. The van der Waals surface area contributed by atoms with Crippen LogP contribution in [0.1, 0.15) is 23.5 Å². The number of hydrogen-bond acceptors (Lipinski definition) is 4. The Bertz CT molecular complexity index is 308. The standard InChI is InChI=1S/C12H20N2OS/c1-13-5-2-3-11-9-16-12(14-11)7-10-4-6-15-8-10/h9-10,13H,2-8H2,1H3. The minimum absolute atomic E-state index is 0.705. The first kappa shape index (κ1) is 12.0. The Morgan fingerprint density at radius 3 is 3.31 bits per heavy atom. The van der Waals surface area contributed by atoms with Crippen molar-refractivity contribution in [3.63, 3.8) is 0 Å². The lowest BCUT2D eigenvalue weighted by molar-refractivity contribution is 0.186. The Balaban J connectivity index is 1.77. The van der Waals surface area contributed by atoms with E-state index >= 15 is 0 Å². The molecular weight excluding hydrogens is 220 g/mol. The highest BCUT2D eigenvalue weighted by molar-refractivity contribution is 7.09. The molecule has 0 bridgehead atoms. The van der Waals surface area contributed by atoms with Crippen molar-refractivity contribution in [2.75, 3.05) is 26.8 Å². The summed E-state index contributed by atoms with van der Waals surface area (Å²) in [6.07, 6.45) is 4.58. The third-order valence-corrected chi connectivity index (χ3v) is 3.87. The number of aromatic nitrogens is 1. The smallest absolute Gasteiger partial charge is 0.0931 e. The van der Waals surface area contributed by atoms with Gasteiger partial charge in [0.05, 0.1) is 10.7 Å². The summed E-state index contributed by atoms with van der Waals surface area (Å²) in [5.41, 5.74) is 1.26. The van der Waals surface area contributed by atoms with E-state index in [2.05, 4.69) is 15.7 Å². The first-order chi connectivity index (χ1) is 7.88. The molecule has 1 fully saturated rings. The Morgan fingerprint density at radius 1 is 1.62 bits per heavy atom. The van der Waals surface area contributed by atoms with E-state index in [0.29, 0.717) is 5.92 Å². The average molecular weight is 240 g/mol. The molecule has 1 N–H and O–H groups in total. The molecule has 0 aliphatic carbocycles. The molecule has 0 aromatic carbocycles. The second-order valence-corrected chi connectivity index (χ2v) is 5.32. The van der Waals surface area contributed by atoms with Crippen molar-refractivity contribution in [1.82, 2.24) is 10.3 Å². The predicted molar refractivity (Wildman–Crippen MR) is 67.0 cm³/mol. The fraction of sp³-hybridized carbons (Fsp3) is 0.750. The topological polar surface area (TPSA) is 34.1 Å². The van der Waals surface area contributed by atoms with Gasteiger partial charge in [0.15, 0.2) is 0 Å². The summed E-state index contributed by atoms with van der Waals surface area (Å²) in [7, 11) is 1.99. The van der Waals surface area contributed by atoms with Crippen LogP contribution in [0, 0.1) is 5.92 Å². The molecule has 1 saturated heterocycles. The van der Waals surface area contributed by atoms with Crippen LogP contribution in [0.4, 0.5) is 0 Å². The van der Waals surface area contributed by atoms with Crippen molar-refractivity contribution in [1.29, 1.82) is 0 Å². The molecule has 1 aromatic rings. The van der Waals surface area contributed by atoms with Crippen molar-refractivity contribution >= 4 is 11.3 Å². The Morgan fingerprint density at radius 2 is 2.56 bits per heavy atom. The number of nitrogens with one attached hydrogen (secondary N) is 1. The van der Waals surface area contributed by atoms with Gasteiger partial charge in [-0.1, -0.05) is 0 Å². The van der Waals surface area contributed by atoms with Crippen LogP contribution in [-0.2, 0) is 17.6 Å². The maximum atomic E-state index is 5.38. The minimum atomic E-state index is 0.705. The van der Waals surface area contributed by atoms with Crippen LogP contribution in [0.5, 0.6) is 0 Å². The van der Waals surface area contributed by atoms with Gasteiger partial charge in [-0.2, -0.15) is 0 Å². The molecule has 2 rings (SSSR count). The molecule has 16 heavy (non-hydrogen) atoms. The summed E-state index contributed by atoms with van der Waals surface area (Å²) >= 11 is 1.81. The van der Waals surface area contributed by atoms with E-state index in [1.165, 1.54) is 23.5 Å². The molecule has 4 heteroatoms. The van der Waals surface area contributed by atoms with E-state index in [1.807, 2.05) is 18.4 Å². The molecule has 3 nitrogen and oxygen atoms in total. The van der Waals surface area contributed by atoms with Crippen molar-refractivity contribution in [2.45, 2.75) is 25.7 Å². The average Bonchev–Trinajstić information content (AvgIpc) is 2.91. The lowest BCUT2D eigenvalue weighted by Gasteiger charge is -2.02. The number of thiazole rings is 1. The Hall–Kier alpha value is -0.450. The number of ether oxygens (including phenoxy) is 1. The van der Waals surface area contributed by atoms with E-state index < -0.39 is 0 Å². The summed E-state index contributed by atoms with van der Waals surface area (Å²) < 4.78 is 5.38. The zero-order valence-corrected chi connectivity index (χ0v) is 10.7. The highest BCUT2D eigenvalue weighted by Gasteiger charge is 2.17. The van der Waals surface area contributed by atoms with Crippen LogP contribution in [0.25, 0.3) is 0 Å². The van der Waals surface area contributed by atoms with Gasteiger partial charge >= 0.3 is 0 Å². The van der Waals surface area contributed by atoms with Gasteiger partial charge < -0.3 is 10.1 Å². The fourth-order valence-corrected chi connectivity index (χ4v) is 2.94. The molecule has 1 aliphatic heterocycles. The maximum Gasteiger partial charge on any atom is 0.0931 e. The maximum absolute atomic E-state index is 5.38. The third kappa shape index (κ3) is 3.54. The first-order valence-electron chi connectivity index (χ1n) is 6.04. The zero-order valence-electron chi connectivity index (χ0n) is 9.87. The molecule has 1 aliphatic rings. The van der Waals surface area contributed by atoms with E-state index in [-0.39, 0.29) is 0 Å². The molecule has 0 spiro atoms. The summed E-state index contributed by atoms with van der Waals surface area (Å²) in [4.78, 5) is 4.68. The Kier molecular flexibility index (Phi) is 4.75. The normalized spacial score (nSPS) is 20.4. The van der Waals surface area contributed by atoms with E-state index in [0.717, 1.165) is 32.6 Å². The van der Waals surface area contributed by atoms with Crippen LogP contribution in [0.2, 0.25) is 0 Å². The molecule has 1 aromatic heterocycles. The molecule has 2 heterocycles. The summed E-state index contributed by atoms with van der Waals surface area (Å²) in [5.74, 6) is 0.705. The molecule has 1 atom stereocenters. The quantitative estimate of drug-likeness (QED) is 0.771. The molecule has 0 radical (unpaired) electrons. The number of hydrogen-bond donors (Lipinski definition) is 1. The molecule has 0 amide bonds. The van der Waals surface area contributed by atoms with Gasteiger partial charge in [0.25, 0.3) is 0 Å². The summed E-state index contributed by atoms with van der Waals surface area (Å²) in [5, 5.41) is 6.66. The van der Waals surface area contributed by atoms with Crippen LogP contribution in [0.15, 0.2) is 5.38 Å². The summed E-state index contributed by atoms with van der Waals surface area (Å²) in [6, 6.07) is 0. The van der Waals surface area contributed by atoms with Crippen LogP contribution < -0.4 is 5.32 Å². The van der Waals surface area contributed by atoms with E-state index in [9.17, 15) is 0 Å². The van der Waals surface area contributed by atoms with Gasteiger partial charge in [-0.3, -0.25) is 0 Å². The van der Waals surface area contributed by atoms with Crippen molar-refractivity contribution in [2.24, 2.45) is 5.92 Å². The summed E-state index contributed by atoms with van der Waals surface area (Å²) in [6.45, 7) is 2.93. The van der Waals surface area contributed by atoms with Gasteiger partial charge in [0.1, 0.15) is 0 Å². The van der Waals surface area contributed by atoms with Crippen LogP contribution >= 0.6 is 11.3 Å². The largest absolute Gasteiger partial charge is 0.381 e. The Labute approximate surface area is 101 Å². The van der Waals surface area contributed by atoms with Crippen LogP contribution in [-0.4, -0.2) is 31.8 Å². The second kappa shape index (κ2) is 6.33. The number of nitrogens with zero attached hydrogens (tertiary/aromatic N) is 1. The molecular formula is C12H20N2OS. The fourth-order valence-electron chi connectivity index (χ4n) is 2.00. The number of rotatable bonds is 6. The zero-order chi connectivity index (χ0) is 11.2.